The summed E-state index contributed by atoms with van der Waals surface area (Å²) in [5.41, 5.74) is 1.58. The van der Waals surface area contributed by atoms with Gasteiger partial charge in [0.1, 0.15) is 5.82 Å². The van der Waals surface area contributed by atoms with Gasteiger partial charge >= 0.3 is 0 Å². The lowest BCUT2D eigenvalue weighted by molar-refractivity contribution is 0.647. The molecule has 0 amide bonds. The van der Waals surface area contributed by atoms with Gasteiger partial charge in [-0.3, -0.25) is 4.99 Å². The van der Waals surface area contributed by atoms with Gasteiger partial charge < -0.3 is 15.5 Å². The lowest BCUT2D eigenvalue weighted by Gasteiger charge is -2.20. The van der Waals surface area contributed by atoms with Crippen molar-refractivity contribution in [2.24, 2.45) is 4.99 Å². The maximum Gasteiger partial charge on any atom is 0.191 e. The van der Waals surface area contributed by atoms with Crippen LogP contribution >= 0.6 is 11.6 Å². The second-order valence-electron chi connectivity index (χ2n) is 6.39. The largest absolute Gasteiger partial charge is 0.356 e. The average molecular weight is 348 g/mol. The van der Waals surface area contributed by atoms with Gasteiger partial charge in [0.05, 0.1) is 5.02 Å². The molecule has 130 valence electrons. The number of hydrogen-bond acceptors (Lipinski definition) is 3. The molecule has 0 spiro atoms. The smallest absolute Gasteiger partial charge is 0.191 e. The number of anilines is 1. The van der Waals surface area contributed by atoms with Gasteiger partial charge in [0, 0.05) is 38.9 Å². The summed E-state index contributed by atoms with van der Waals surface area (Å²) in [6.07, 6.45) is 10.2. The molecule has 2 N–H and O–H groups in total. The zero-order valence-corrected chi connectivity index (χ0v) is 15.0. The third kappa shape index (κ3) is 4.41. The lowest BCUT2D eigenvalue weighted by Crippen LogP contribution is -2.45. The second-order valence-corrected chi connectivity index (χ2v) is 6.80. The molecule has 0 saturated carbocycles. The summed E-state index contributed by atoms with van der Waals surface area (Å²) in [5.74, 6) is 1.76. The van der Waals surface area contributed by atoms with Crippen molar-refractivity contribution in [1.82, 2.24) is 15.6 Å². The molecule has 1 atom stereocenters. The zero-order valence-electron chi connectivity index (χ0n) is 14.3. The van der Waals surface area contributed by atoms with E-state index in [-0.39, 0.29) is 0 Å². The van der Waals surface area contributed by atoms with Gasteiger partial charge in [-0.25, -0.2) is 4.98 Å². The highest BCUT2D eigenvalue weighted by atomic mass is 35.5. The SMILES string of the molecule is CN=C(NCCC1=CCCC1)NC1CCN(c2ncccc2Cl)C1. The summed E-state index contributed by atoms with van der Waals surface area (Å²) in [4.78, 5) is 11.0. The van der Waals surface area contributed by atoms with Crippen molar-refractivity contribution in [2.45, 2.75) is 38.1 Å². The summed E-state index contributed by atoms with van der Waals surface area (Å²) < 4.78 is 0. The molecule has 0 radical (unpaired) electrons. The van der Waals surface area contributed by atoms with E-state index >= 15 is 0 Å². The van der Waals surface area contributed by atoms with Crippen molar-refractivity contribution in [1.29, 1.82) is 0 Å². The summed E-state index contributed by atoms with van der Waals surface area (Å²) in [7, 11) is 1.83. The van der Waals surface area contributed by atoms with E-state index in [9.17, 15) is 0 Å². The highest BCUT2D eigenvalue weighted by molar-refractivity contribution is 6.32. The standard InChI is InChI=1S/C18H26ClN5/c1-20-18(22-11-8-14-5-2-3-6-14)23-15-9-12-24(13-15)17-16(19)7-4-10-21-17/h4-5,7,10,15H,2-3,6,8-9,11-13H2,1H3,(H2,20,22,23). The van der Waals surface area contributed by atoms with E-state index in [4.69, 9.17) is 11.6 Å². The van der Waals surface area contributed by atoms with Crippen molar-refractivity contribution in [3.8, 4) is 0 Å². The van der Waals surface area contributed by atoms with E-state index in [2.05, 4.69) is 31.6 Å². The monoisotopic (exact) mass is 347 g/mol. The number of nitrogens with one attached hydrogen (secondary N) is 2. The van der Waals surface area contributed by atoms with E-state index in [1.165, 1.54) is 19.3 Å². The van der Waals surface area contributed by atoms with Crippen molar-refractivity contribution in [3.63, 3.8) is 0 Å². The summed E-state index contributed by atoms with van der Waals surface area (Å²) in [6.45, 7) is 2.79. The quantitative estimate of drug-likeness (QED) is 0.488. The van der Waals surface area contributed by atoms with Crippen molar-refractivity contribution in [3.05, 3.63) is 35.0 Å². The Bertz CT molecular complexity index is 613. The van der Waals surface area contributed by atoms with Crippen molar-refractivity contribution in [2.75, 3.05) is 31.6 Å². The summed E-state index contributed by atoms with van der Waals surface area (Å²) in [5, 5.41) is 7.66. The number of allylic oxidation sites excluding steroid dienone is 1. The molecule has 1 saturated heterocycles. The predicted octanol–water partition coefficient (Wildman–Crippen LogP) is 2.98. The van der Waals surface area contributed by atoms with Crippen molar-refractivity contribution < 1.29 is 0 Å². The van der Waals surface area contributed by atoms with E-state index in [1.807, 2.05) is 19.2 Å². The molecule has 6 heteroatoms. The highest BCUT2D eigenvalue weighted by Crippen LogP contribution is 2.25. The first-order valence-electron chi connectivity index (χ1n) is 8.77. The molecule has 5 nitrogen and oxygen atoms in total. The van der Waals surface area contributed by atoms with Gasteiger partial charge in [-0.15, -0.1) is 0 Å². The van der Waals surface area contributed by atoms with Gasteiger partial charge in [0.15, 0.2) is 5.96 Å². The Morgan fingerprint density at radius 2 is 2.42 bits per heavy atom. The molecule has 1 fully saturated rings. The maximum absolute atomic E-state index is 6.25. The minimum atomic E-state index is 0.361. The summed E-state index contributed by atoms with van der Waals surface area (Å²) in [6, 6.07) is 4.12. The first-order chi connectivity index (χ1) is 11.8. The van der Waals surface area contributed by atoms with Crippen LogP contribution < -0.4 is 15.5 Å². The minimum absolute atomic E-state index is 0.361. The minimum Gasteiger partial charge on any atom is -0.356 e. The molecule has 1 aromatic rings. The molecule has 3 rings (SSSR count). The Morgan fingerprint density at radius 1 is 1.50 bits per heavy atom. The Balaban J connectivity index is 1.46. The van der Waals surface area contributed by atoms with E-state index in [1.54, 1.807) is 11.8 Å². The van der Waals surface area contributed by atoms with Crippen LogP contribution in [0.4, 0.5) is 5.82 Å². The molecular weight excluding hydrogens is 322 g/mol. The Kier molecular flexibility index (Phi) is 5.96. The maximum atomic E-state index is 6.25. The van der Waals surface area contributed by atoms with Gasteiger partial charge in [0.2, 0.25) is 0 Å². The molecule has 2 aliphatic rings. The number of aliphatic imine (C=N–C) groups is 1. The number of hydrogen-bond donors (Lipinski definition) is 2. The Labute approximate surface area is 149 Å². The van der Waals surface area contributed by atoms with Crippen LogP contribution in [-0.2, 0) is 0 Å². The fraction of sp³-hybridized carbons (Fsp3) is 0.556. The van der Waals surface area contributed by atoms with Gasteiger partial charge in [0.25, 0.3) is 0 Å². The number of guanidine groups is 1. The first-order valence-corrected chi connectivity index (χ1v) is 9.14. The fourth-order valence-corrected chi connectivity index (χ4v) is 3.62. The molecule has 1 unspecified atom stereocenters. The van der Waals surface area contributed by atoms with E-state index in [0.717, 1.165) is 44.3 Å². The van der Waals surface area contributed by atoms with Gasteiger partial charge in [-0.05, 0) is 44.2 Å². The predicted molar refractivity (Wildman–Crippen MR) is 101 cm³/mol. The van der Waals surface area contributed by atoms with Crippen LogP contribution in [-0.4, -0.2) is 43.7 Å². The molecule has 1 aliphatic carbocycles. The molecular formula is C18H26ClN5. The number of halogens is 1. The van der Waals surface area contributed by atoms with Crippen LogP contribution in [0.25, 0.3) is 0 Å². The lowest BCUT2D eigenvalue weighted by atomic mass is 10.2. The van der Waals surface area contributed by atoms with Crippen molar-refractivity contribution >= 4 is 23.4 Å². The average Bonchev–Trinajstić information content (AvgIpc) is 3.26. The third-order valence-corrected chi connectivity index (χ3v) is 4.96. The molecule has 0 aromatic carbocycles. The molecule has 0 bridgehead atoms. The van der Waals surface area contributed by atoms with Crippen LogP contribution in [0.2, 0.25) is 5.02 Å². The normalized spacial score (nSPS) is 21.1. The van der Waals surface area contributed by atoms with Gasteiger partial charge in [-0.2, -0.15) is 0 Å². The second kappa shape index (κ2) is 8.38. The molecule has 1 aromatic heterocycles. The number of aromatic nitrogens is 1. The van der Waals surface area contributed by atoms with Crippen LogP contribution in [0.15, 0.2) is 35.0 Å². The highest BCUT2D eigenvalue weighted by Gasteiger charge is 2.25. The molecule has 1 aliphatic heterocycles. The topological polar surface area (TPSA) is 52.6 Å². The van der Waals surface area contributed by atoms with E-state index in [0.29, 0.717) is 11.1 Å². The fourth-order valence-electron chi connectivity index (χ4n) is 3.37. The zero-order chi connectivity index (χ0) is 16.8. The van der Waals surface area contributed by atoms with Crippen LogP contribution in [0.3, 0.4) is 0 Å². The van der Waals surface area contributed by atoms with Crippen LogP contribution in [0.5, 0.6) is 0 Å². The van der Waals surface area contributed by atoms with E-state index < -0.39 is 0 Å². The number of nitrogens with zero attached hydrogens (tertiary/aromatic N) is 3. The van der Waals surface area contributed by atoms with Crippen LogP contribution in [0.1, 0.15) is 32.1 Å². The summed E-state index contributed by atoms with van der Waals surface area (Å²) >= 11 is 6.25. The number of pyridine rings is 1. The Morgan fingerprint density at radius 3 is 3.17 bits per heavy atom. The van der Waals surface area contributed by atoms with Crippen LogP contribution in [0, 0.1) is 0 Å². The molecule has 24 heavy (non-hydrogen) atoms. The van der Waals surface area contributed by atoms with Gasteiger partial charge in [-0.1, -0.05) is 23.3 Å². The molecule has 2 heterocycles. The number of rotatable bonds is 5. The first kappa shape index (κ1) is 17.1. The third-order valence-electron chi connectivity index (χ3n) is 4.66. The Hall–Kier alpha value is -1.75.